The van der Waals surface area contributed by atoms with Gasteiger partial charge in [0.05, 0.1) is 37.9 Å². The zero-order chi connectivity index (χ0) is 47.8. The number of benzene rings is 1. The summed E-state index contributed by atoms with van der Waals surface area (Å²) in [4.78, 5) is 65.5. The summed E-state index contributed by atoms with van der Waals surface area (Å²) in [6.45, 7) is 7.97. The van der Waals surface area contributed by atoms with Gasteiger partial charge in [-0.2, -0.15) is 0 Å². The van der Waals surface area contributed by atoms with E-state index in [2.05, 4.69) is 76.5 Å². The molecule has 70 heavy (non-hydrogen) atoms. The molecule has 1 amide bonds. The number of aromatic amines is 2. The molecular weight excluding hydrogens is 964 g/mol. The van der Waals surface area contributed by atoms with Gasteiger partial charge in [-0.3, -0.25) is 14.8 Å². The second kappa shape index (κ2) is 18.6. The molecule has 0 spiro atoms. The number of nitrogens with two attached hydrogens (primary N) is 2. The third-order valence-corrected chi connectivity index (χ3v) is 16.9. The van der Waals surface area contributed by atoms with Crippen LogP contribution in [0.1, 0.15) is 67.7 Å². The number of halogens is 2. The molecule has 8 aromatic rings. The van der Waals surface area contributed by atoms with Gasteiger partial charge in [-0.25, -0.2) is 29.9 Å². The highest BCUT2D eigenvalue weighted by molar-refractivity contribution is 7.99. The maximum atomic E-state index is 13.8. The Balaban J connectivity index is 0.723. The predicted molar refractivity (Wildman–Crippen MR) is 276 cm³/mol. The van der Waals surface area contributed by atoms with Gasteiger partial charge in [-0.1, -0.05) is 30.1 Å². The number of fused-ring (bicyclic) bond motifs is 4. The minimum absolute atomic E-state index is 0.00208. The lowest BCUT2D eigenvalue weighted by Gasteiger charge is -2.41. The van der Waals surface area contributed by atoms with E-state index in [0.29, 0.717) is 62.3 Å². The van der Waals surface area contributed by atoms with Crippen molar-refractivity contribution in [2.45, 2.75) is 109 Å². The maximum Gasteiger partial charge on any atom is 0.226 e. The summed E-state index contributed by atoms with van der Waals surface area (Å²) in [6, 6.07) is 10.7. The Kier molecular flexibility index (Phi) is 12.2. The van der Waals surface area contributed by atoms with Gasteiger partial charge in [0.2, 0.25) is 5.91 Å². The molecule has 4 atom stereocenters. The number of anilines is 2. The molecule has 12 rings (SSSR count). The first-order chi connectivity index (χ1) is 34.0. The average Bonchev–Trinajstić information content (AvgIpc) is 4.11. The van der Waals surface area contributed by atoms with Crippen LogP contribution in [0.25, 0.3) is 44.1 Å². The van der Waals surface area contributed by atoms with Gasteiger partial charge in [0.1, 0.15) is 22.6 Å². The number of nitrogens with one attached hydrogen (secondary N) is 4. The first kappa shape index (κ1) is 45.7. The lowest BCUT2D eigenvalue weighted by molar-refractivity contribution is -0.129. The predicted octanol–water partition coefficient (Wildman–Crippen LogP) is 7.25. The summed E-state index contributed by atoms with van der Waals surface area (Å²) in [5, 5.41) is 12.1. The van der Waals surface area contributed by atoms with Crippen LogP contribution in [0.2, 0.25) is 10.0 Å². The van der Waals surface area contributed by atoms with Gasteiger partial charge in [-0.05, 0) is 106 Å². The molecule has 3 saturated heterocycles. The summed E-state index contributed by atoms with van der Waals surface area (Å²) in [5.74, 6) is 0.803. The van der Waals surface area contributed by atoms with Crippen LogP contribution in [-0.4, -0.2) is 113 Å². The number of aryl methyl sites for hydroxylation is 3. The lowest BCUT2D eigenvalue weighted by Crippen LogP contribution is -2.61. The van der Waals surface area contributed by atoms with Crippen molar-refractivity contribution in [3.05, 3.63) is 81.7 Å². The van der Waals surface area contributed by atoms with Crippen LogP contribution >= 0.6 is 46.7 Å². The van der Waals surface area contributed by atoms with E-state index in [0.717, 1.165) is 118 Å². The molecular formula is C49H52Cl2N16OS2. The van der Waals surface area contributed by atoms with Crippen LogP contribution in [0.15, 0.2) is 69.0 Å². The molecule has 1 saturated carbocycles. The third-order valence-electron chi connectivity index (χ3n) is 14.3. The number of amides is 1. The van der Waals surface area contributed by atoms with E-state index < -0.39 is 0 Å². The van der Waals surface area contributed by atoms with Crippen molar-refractivity contribution in [1.82, 2.24) is 60.5 Å². The number of carbonyl (C=O) groups is 1. The molecule has 1 aliphatic carbocycles. The van der Waals surface area contributed by atoms with E-state index in [1.54, 1.807) is 18.6 Å². The number of aromatic nitrogens is 10. The Morgan fingerprint density at radius 1 is 0.829 bits per heavy atom. The van der Waals surface area contributed by atoms with Gasteiger partial charge >= 0.3 is 0 Å². The lowest BCUT2D eigenvalue weighted by atomic mass is 9.76. The number of nitrogens with zero attached hydrogens (tertiary/aromatic N) is 10. The Hall–Kier alpha value is -5.41. The van der Waals surface area contributed by atoms with Crippen molar-refractivity contribution < 1.29 is 4.79 Å². The molecule has 0 bridgehead atoms. The Bertz CT molecular complexity index is 3340. The smallest absolute Gasteiger partial charge is 0.226 e. The standard InChI is InChI=1S/C49H52Cl2N16OS2/c1-3-32-40(50)38-42(62-48(63-44(38)60-32)70-29-18-36-43(57-19-29)55-11-10-54-36)24-15-27(16-24)59-47(68)31-20-56-33(31)6-7-34-41(51)39-45(61-34)64-49(65-46(39)67-13-9-26(53)22-67)69-28-4-5-30-35(17-28)58-23(2)14-37(30)66-12-8-25(52)21-66/h4-5,10-11,14,17-19,24-27,31,33,56H,3,6-9,12-13,15-16,20-22,52-53H2,1-2H3,(H,59,68)(H,60,62,63)(H,61,64,65)/t24?,25-,26+,27?,31?,33?/m1/s1. The van der Waals surface area contributed by atoms with Crippen molar-refractivity contribution >= 4 is 108 Å². The Morgan fingerprint density at radius 3 is 2.30 bits per heavy atom. The summed E-state index contributed by atoms with van der Waals surface area (Å²) < 4.78 is 0. The molecule has 1 aromatic carbocycles. The summed E-state index contributed by atoms with van der Waals surface area (Å²) in [7, 11) is 0. The number of hydrogen-bond acceptors (Lipinski definition) is 16. The highest BCUT2D eigenvalue weighted by Gasteiger charge is 2.41. The van der Waals surface area contributed by atoms with E-state index in [9.17, 15) is 4.79 Å². The second-order valence-corrected chi connectivity index (χ2v) is 22.0. The number of carbonyl (C=O) groups excluding carboxylic acids is 1. The minimum atomic E-state index is -0.156. The SMILES string of the molecule is CCc1[nH]c2nc(Sc3cnc4nccnc4c3)nc(C3CC(NC(=O)C4CNC4CCc4[nH]c5nc(Sc6ccc7c(N8CC[C@@H](N)C8)cc(C)nc7c6)nc(N6CC[C@H](N)C6)c5c4Cl)C3)c2c1Cl. The topological polar surface area (TPSA) is 234 Å². The fraction of sp³-hybridized carbons (Fsp3) is 0.408. The molecule has 2 unspecified atom stereocenters. The van der Waals surface area contributed by atoms with E-state index in [4.69, 9.17) is 59.6 Å². The highest BCUT2D eigenvalue weighted by Crippen LogP contribution is 2.44. The highest BCUT2D eigenvalue weighted by atomic mass is 35.5. The van der Waals surface area contributed by atoms with Crippen molar-refractivity contribution in [2.24, 2.45) is 17.4 Å². The van der Waals surface area contributed by atoms with Crippen molar-refractivity contribution in [3.8, 4) is 0 Å². The van der Waals surface area contributed by atoms with Gasteiger partial charge in [-0.15, -0.1) is 0 Å². The zero-order valence-corrected chi connectivity index (χ0v) is 41.8. The molecule has 21 heteroatoms. The van der Waals surface area contributed by atoms with Crippen LogP contribution in [0.5, 0.6) is 0 Å². The van der Waals surface area contributed by atoms with Crippen LogP contribution in [0.4, 0.5) is 11.5 Å². The average molecular weight is 1020 g/mol. The van der Waals surface area contributed by atoms with Crippen molar-refractivity contribution in [1.29, 1.82) is 0 Å². The van der Waals surface area contributed by atoms with E-state index in [1.165, 1.54) is 29.2 Å². The molecule has 360 valence electrons. The fourth-order valence-corrected chi connectivity index (χ4v) is 12.7. The van der Waals surface area contributed by atoms with Gasteiger partial charge in [0.15, 0.2) is 16.0 Å². The number of rotatable bonds is 13. The van der Waals surface area contributed by atoms with E-state index in [1.807, 2.05) is 13.0 Å². The molecule has 17 nitrogen and oxygen atoms in total. The van der Waals surface area contributed by atoms with Crippen LogP contribution in [0, 0.1) is 12.8 Å². The van der Waals surface area contributed by atoms with E-state index >= 15 is 0 Å². The van der Waals surface area contributed by atoms with Crippen molar-refractivity contribution in [3.63, 3.8) is 0 Å². The minimum Gasteiger partial charge on any atom is -0.369 e. The van der Waals surface area contributed by atoms with E-state index in [-0.39, 0.29) is 41.9 Å². The van der Waals surface area contributed by atoms with Gasteiger partial charge in [0, 0.05) is 119 Å². The van der Waals surface area contributed by atoms with Gasteiger partial charge in [0.25, 0.3) is 0 Å². The quantitative estimate of drug-likeness (QED) is 0.0624. The first-order valence-electron chi connectivity index (χ1n) is 24.1. The molecule has 3 aliphatic heterocycles. The summed E-state index contributed by atoms with van der Waals surface area (Å²) >= 11 is 17.1. The Morgan fingerprint density at radius 2 is 1.54 bits per heavy atom. The van der Waals surface area contributed by atoms with Crippen LogP contribution in [-0.2, 0) is 17.6 Å². The number of pyridine rings is 2. The molecule has 4 aliphatic rings. The van der Waals surface area contributed by atoms with Crippen LogP contribution < -0.4 is 31.9 Å². The Labute approximate surface area is 421 Å². The monoisotopic (exact) mass is 1010 g/mol. The number of H-pyrrole nitrogens is 2. The van der Waals surface area contributed by atoms with Gasteiger partial charge < -0.3 is 41.9 Å². The zero-order valence-electron chi connectivity index (χ0n) is 38.7. The molecule has 7 aromatic heterocycles. The summed E-state index contributed by atoms with van der Waals surface area (Å²) in [6.07, 6.45) is 10.5. The summed E-state index contributed by atoms with van der Waals surface area (Å²) in [5.41, 5.74) is 21.2. The molecule has 4 fully saturated rings. The molecule has 0 radical (unpaired) electrons. The normalized spacial score (nSPS) is 22.4. The molecule has 10 heterocycles. The first-order valence-corrected chi connectivity index (χ1v) is 26.5. The second-order valence-electron chi connectivity index (χ2n) is 19.1. The number of hydrogen-bond donors (Lipinski definition) is 6. The maximum absolute atomic E-state index is 13.8. The molecule has 8 N–H and O–H groups in total. The van der Waals surface area contributed by atoms with Crippen molar-refractivity contribution in [2.75, 3.05) is 42.5 Å². The largest absolute Gasteiger partial charge is 0.369 e. The fourth-order valence-electron chi connectivity index (χ4n) is 10.5. The van der Waals surface area contributed by atoms with Crippen LogP contribution in [0.3, 0.4) is 0 Å². The third kappa shape index (κ3) is 8.66.